The highest BCUT2D eigenvalue weighted by atomic mass is 16.5. The predicted molar refractivity (Wildman–Crippen MR) is 55.0 cm³/mol. The van der Waals surface area contributed by atoms with Gasteiger partial charge in [-0.05, 0) is 13.3 Å². The van der Waals surface area contributed by atoms with Crippen LogP contribution in [-0.2, 0) is 4.74 Å². The average molecular weight is 214 g/mol. The molecule has 1 N–H and O–H groups in total. The molecule has 2 aliphatic rings. The summed E-state index contributed by atoms with van der Waals surface area (Å²) in [5, 5.41) is 8.82. The number of ether oxygens (including phenoxy) is 1. The molecular formula is C10H18N2O3. The van der Waals surface area contributed by atoms with Crippen LogP contribution in [-0.4, -0.2) is 65.9 Å². The molecule has 5 nitrogen and oxygen atoms in total. The van der Waals surface area contributed by atoms with E-state index in [0.717, 1.165) is 26.1 Å². The van der Waals surface area contributed by atoms with E-state index in [1.54, 1.807) is 0 Å². The third kappa shape index (κ3) is 2.23. The second-order valence-corrected chi connectivity index (χ2v) is 4.24. The molecule has 2 fully saturated rings. The van der Waals surface area contributed by atoms with Gasteiger partial charge in [-0.2, -0.15) is 0 Å². The molecule has 2 atom stereocenters. The summed E-state index contributed by atoms with van der Waals surface area (Å²) >= 11 is 0. The lowest BCUT2D eigenvalue weighted by atomic mass is 10.1. The summed E-state index contributed by atoms with van der Waals surface area (Å²) in [5.41, 5.74) is 0. The van der Waals surface area contributed by atoms with Crippen LogP contribution < -0.4 is 0 Å². The average Bonchev–Trinajstić information content (AvgIpc) is 2.65. The van der Waals surface area contributed by atoms with Crippen LogP contribution in [0.15, 0.2) is 0 Å². The SMILES string of the molecule is CC1OCCC1N1CCN(C(=O)O)CC1. The van der Waals surface area contributed by atoms with E-state index >= 15 is 0 Å². The first-order valence-corrected chi connectivity index (χ1v) is 5.52. The van der Waals surface area contributed by atoms with Gasteiger partial charge in [0.1, 0.15) is 0 Å². The molecule has 0 bridgehead atoms. The van der Waals surface area contributed by atoms with Crippen LogP contribution in [0.2, 0.25) is 0 Å². The molecular weight excluding hydrogens is 196 g/mol. The third-order valence-electron chi connectivity index (χ3n) is 3.39. The number of piperazine rings is 1. The Bertz CT molecular complexity index is 239. The molecule has 0 aromatic heterocycles. The molecule has 2 saturated heterocycles. The predicted octanol–water partition coefficient (Wildman–Crippen LogP) is 0.459. The van der Waals surface area contributed by atoms with Crippen molar-refractivity contribution in [3.8, 4) is 0 Å². The van der Waals surface area contributed by atoms with Gasteiger partial charge in [0.2, 0.25) is 0 Å². The zero-order chi connectivity index (χ0) is 10.8. The highest BCUT2D eigenvalue weighted by Gasteiger charge is 2.32. The van der Waals surface area contributed by atoms with E-state index in [9.17, 15) is 4.79 Å². The second-order valence-electron chi connectivity index (χ2n) is 4.24. The summed E-state index contributed by atoms with van der Waals surface area (Å²) in [6.07, 6.45) is 0.570. The van der Waals surface area contributed by atoms with Gasteiger partial charge in [0, 0.05) is 38.8 Å². The van der Waals surface area contributed by atoms with Gasteiger partial charge < -0.3 is 14.7 Å². The van der Waals surface area contributed by atoms with E-state index in [-0.39, 0.29) is 0 Å². The Balaban J connectivity index is 1.85. The zero-order valence-electron chi connectivity index (χ0n) is 9.06. The maximum absolute atomic E-state index is 10.7. The number of carbonyl (C=O) groups is 1. The number of carboxylic acid groups (broad SMARTS) is 1. The van der Waals surface area contributed by atoms with Gasteiger partial charge in [0.05, 0.1) is 6.10 Å². The monoisotopic (exact) mass is 214 g/mol. The number of hydrogen-bond donors (Lipinski definition) is 1. The lowest BCUT2D eigenvalue weighted by Gasteiger charge is -2.37. The quantitative estimate of drug-likeness (QED) is 0.689. The van der Waals surface area contributed by atoms with Crippen LogP contribution in [0.1, 0.15) is 13.3 Å². The standard InChI is InChI=1S/C10H18N2O3/c1-8-9(2-7-15-8)11-3-5-12(6-4-11)10(13)14/h8-9H,2-7H2,1H3,(H,13,14). The fraction of sp³-hybridized carbons (Fsp3) is 0.900. The van der Waals surface area contributed by atoms with Crippen molar-refractivity contribution in [1.29, 1.82) is 0 Å². The van der Waals surface area contributed by atoms with Gasteiger partial charge in [-0.3, -0.25) is 4.90 Å². The molecule has 2 heterocycles. The van der Waals surface area contributed by atoms with Crippen molar-refractivity contribution < 1.29 is 14.6 Å². The van der Waals surface area contributed by atoms with E-state index in [1.165, 1.54) is 4.90 Å². The van der Waals surface area contributed by atoms with Crippen molar-refractivity contribution in [2.75, 3.05) is 32.8 Å². The Labute approximate surface area is 89.6 Å². The van der Waals surface area contributed by atoms with Gasteiger partial charge in [-0.1, -0.05) is 0 Å². The molecule has 0 spiro atoms. The molecule has 5 heteroatoms. The van der Waals surface area contributed by atoms with E-state index in [1.807, 2.05) is 0 Å². The van der Waals surface area contributed by atoms with Crippen molar-refractivity contribution in [2.45, 2.75) is 25.5 Å². The molecule has 0 aromatic rings. The maximum atomic E-state index is 10.7. The molecule has 86 valence electrons. The topological polar surface area (TPSA) is 53.0 Å². The molecule has 0 aromatic carbocycles. The first-order valence-electron chi connectivity index (χ1n) is 5.52. The largest absolute Gasteiger partial charge is 0.465 e. The molecule has 2 rings (SSSR count). The molecule has 1 amide bonds. The van der Waals surface area contributed by atoms with E-state index in [0.29, 0.717) is 25.2 Å². The van der Waals surface area contributed by atoms with E-state index in [2.05, 4.69) is 11.8 Å². The summed E-state index contributed by atoms with van der Waals surface area (Å²) in [7, 11) is 0. The van der Waals surface area contributed by atoms with Crippen LogP contribution in [0.4, 0.5) is 4.79 Å². The fourth-order valence-corrected chi connectivity index (χ4v) is 2.44. The minimum Gasteiger partial charge on any atom is -0.465 e. The van der Waals surface area contributed by atoms with Gasteiger partial charge in [0.25, 0.3) is 0 Å². The minimum atomic E-state index is -0.801. The van der Waals surface area contributed by atoms with Crippen molar-refractivity contribution in [1.82, 2.24) is 9.80 Å². The summed E-state index contributed by atoms with van der Waals surface area (Å²) in [6, 6.07) is 0.487. The number of amides is 1. The van der Waals surface area contributed by atoms with Crippen molar-refractivity contribution in [2.24, 2.45) is 0 Å². The van der Waals surface area contributed by atoms with Crippen molar-refractivity contribution >= 4 is 6.09 Å². The Morgan fingerprint density at radius 3 is 2.47 bits per heavy atom. The lowest BCUT2D eigenvalue weighted by molar-refractivity contribution is 0.0459. The Hall–Kier alpha value is -0.810. The van der Waals surface area contributed by atoms with Crippen LogP contribution in [0.5, 0.6) is 0 Å². The smallest absolute Gasteiger partial charge is 0.407 e. The Kier molecular flexibility index (Phi) is 3.11. The first-order chi connectivity index (χ1) is 7.18. The molecule has 0 radical (unpaired) electrons. The maximum Gasteiger partial charge on any atom is 0.407 e. The van der Waals surface area contributed by atoms with Crippen molar-refractivity contribution in [3.63, 3.8) is 0 Å². The van der Waals surface area contributed by atoms with Crippen LogP contribution in [0.3, 0.4) is 0 Å². The molecule has 15 heavy (non-hydrogen) atoms. The normalized spacial score (nSPS) is 33.3. The van der Waals surface area contributed by atoms with E-state index < -0.39 is 6.09 Å². The number of rotatable bonds is 1. The Morgan fingerprint density at radius 1 is 1.33 bits per heavy atom. The number of hydrogen-bond acceptors (Lipinski definition) is 3. The highest BCUT2D eigenvalue weighted by molar-refractivity contribution is 5.65. The molecule has 0 saturated carbocycles. The summed E-state index contributed by atoms with van der Waals surface area (Å²) in [5.74, 6) is 0. The zero-order valence-corrected chi connectivity index (χ0v) is 9.06. The first kappa shape index (κ1) is 10.7. The van der Waals surface area contributed by atoms with Gasteiger partial charge in [-0.25, -0.2) is 4.79 Å². The van der Waals surface area contributed by atoms with Gasteiger partial charge >= 0.3 is 6.09 Å². The third-order valence-corrected chi connectivity index (χ3v) is 3.39. The van der Waals surface area contributed by atoms with Crippen LogP contribution in [0.25, 0.3) is 0 Å². The summed E-state index contributed by atoms with van der Waals surface area (Å²) in [4.78, 5) is 14.6. The number of nitrogens with zero attached hydrogens (tertiary/aromatic N) is 2. The Morgan fingerprint density at radius 2 is 2.00 bits per heavy atom. The second kappa shape index (κ2) is 4.37. The molecule has 2 unspecified atom stereocenters. The van der Waals surface area contributed by atoms with Gasteiger partial charge in [-0.15, -0.1) is 0 Å². The molecule has 0 aliphatic carbocycles. The lowest BCUT2D eigenvalue weighted by Crippen LogP contribution is -2.53. The van der Waals surface area contributed by atoms with E-state index in [4.69, 9.17) is 9.84 Å². The fourth-order valence-electron chi connectivity index (χ4n) is 2.44. The van der Waals surface area contributed by atoms with Crippen molar-refractivity contribution in [3.05, 3.63) is 0 Å². The summed E-state index contributed by atoms with van der Waals surface area (Å²) in [6.45, 7) is 5.86. The highest BCUT2D eigenvalue weighted by Crippen LogP contribution is 2.20. The van der Waals surface area contributed by atoms with Crippen LogP contribution >= 0.6 is 0 Å². The molecule has 2 aliphatic heterocycles. The minimum absolute atomic E-state index is 0.293. The summed E-state index contributed by atoms with van der Waals surface area (Å²) < 4.78 is 5.52. The van der Waals surface area contributed by atoms with Gasteiger partial charge in [0.15, 0.2) is 0 Å². The van der Waals surface area contributed by atoms with Crippen LogP contribution in [0, 0.1) is 0 Å².